The van der Waals surface area contributed by atoms with E-state index in [0.717, 1.165) is 30.8 Å². The average Bonchev–Trinajstić information content (AvgIpc) is 3.09. The van der Waals surface area contributed by atoms with Crippen LogP contribution in [0.15, 0.2) is 48.5 Å². The molecule has 1 heterocycles. The molecule has 1 unspecified atom stereocenters. The summed E-state index contributed by atoms with van der Waals surface area (Å²) < 4.78 is 11.0. The predicted molar refractivity (Wildman–Crippen MR) is 93.8 cm³/mol. The van der Waals surface area contributed by atoms with Crippen LogP contribution in [-0.2, 0) is 4.79 Å². The highest BCUT2D eigenvalue weighted by atomic mass is 16.5. The molecule has 1 amide bonds. The van der Waals surface area contributed by atoms with Crippen molar-refractivity contribution in [2.75, 3.05) is 19.0 Å². The van der Waals surface area contributed by atoms with Crippen LogP contribution >= 0.6 is 0 Å². The fraction of sp³-hybridized carbons (Fsp3) is 0.316. The summed E-state index contributed by atoms with van der Waals surface area (Å²) in [5.41, 5.74) is 0.774. The predicted octanol–water partition coefficient (Wildman–Crippen LogP) is 3.57. The largest absolute Gasteiger partial charge is 0.497 e. The van der Waals surface area contributed by atoms with E-state index in [2.05, 4.69) is 10.6 Å². The van der Waals surface area contributed by atoms with Crippen molar-refractivity contribution in [1.29, 1.82) is 0 Å². The van der Waals surface area contributed by atoms with Crippen LogP contribution in [-0.4, -0.2) is 25.6 Å². The number of rotatable bonds is 6. The van der Waals surface area contributed by atoms with Gasteiger partial charge < -0.3 is 20.1 Å². The summed E-state index contributed by atoms with van der Waals surface area (Å²) in [7, 11) is 1.62. The Balaban J connectivity index is 1.55. The zero-order chi connectivity index (χ0) is 16.8. The number of benzene rings is 2. The smallest absolute Gasteiger partial charge is 0.225 e. The van der Waals surface area contributed by atoms with Crippen molar-refractivity contribution in [3.05, 3.63) is 48.5 Å². The van der Waals surface area contributed by atoms with E-state index in [-0.39, 0.29) is 5.91 Å². The van der Waals surface area contributed by atoms with Crippen molar-refractivity contribution < 1.29 is 14.3 Å². The molecule has 0 saturated carbocycles. The van der Waals surface area contributed by atoms with E-state index in [1.54, 1.807) is 7.11 Å². The van der Waals surface area contributed by atoms with Crippen LogP contribution in [0.2, 0.25) is 0 Å². The number of methoxy groups -OCH3 is 1. The van der Waals surface area contributed by atoms with Gasteiger partial charge in [0.05, 0.1) is 7.11 Å². The van der Waals surface area contributed by atoms with E-state index in [1.165, 1.54) is 0 Å². The molecule has 2 aromatic carbocycles. The first-order valence-corrected chi connectivity index (χ1v) is 8.18. The highest BCUT2D eigenvalue weighted by Crippen LogP contribution is 2.26. The molecule has 0 aliphatic carbocycles. The third kappa shape index (κ3) is 4.49. The normalized spacial score (nSPS) is 16.6. The molecule has 1 fully saturated rings. The summed E-state index contributed by atoms with van der Waals surface area (Å²) in [6.45, 7) is 1.01. The van der Waals surface area contributed by atoms with Gasteiger partial charge in [-0.15, -0.1) is 0 Å². The lowest BCUT2D eigenvalue weighted by Gasteiger charge is -2.11. The monoisotopic (exact) mass is 326 g/mol. The Morgan fingerprint density at radius 1 is 1.17 bits per heavy atom. The van der Waals surface area contributed by atoms with Gasteiger partial charge in [-0.2, -0.15) is 0 Å². The minimum absolute atomic E-state index is 0.0378. The molecular weight excluding hydrogens is 304 g/mol. The zero-order valence-electron chi connectivity index (χ0n) is 13.7. The van der Waals surface area contributed by atoms with Gasteiger partial charge in [0.25, 0.3) is 0 Å². The summed E-state index contributed by atoms with van der Waals surface area (Å²) in [6.07, 6.45) is 2.73. The summed E-state index contributed by atoms with van der Waals surface area (Å²) in [4.78, 5) is 12.0. The Bertz CT molecular complexity index is 679. The molecular formula is C19H22N2O3. The Hall–Kier alpha value is -2.53. The molecule has 5 heteroatoms. The summed E-state index contributed by atoms with van der Waals surface area (Å²) in [5, 5.41) is 6.25. The molecule has 1 aliphatic rings. The fourth-order valence-electron chi connectivity index (χ4n) is 2.77. The molecule has 2 aromatic rings. The summed E-state index contributed by atoms with van der Waals surface area (Å²) in [6, 6.07) is 15.1. The number of carbonyl (C=O) groups excluding carboxylic acids is 1. The van der Waals surface area contributed by atoms with E-state index in [1.807, 2.05) is 48.5 Å². The van der Waals surface area contributed by atoms with Gasteiger partial charge in [-0.05, 0) is 55.8 Å². The van der Waals surface area contributed by atoms with E-state index < -0.39 is 0 Å². The molecule has 3 rings (SSSR count). The molecule has 24 heavy (non-hydrogen) atoms. The molecule has 1 atom stereocenters. The Labute approximate surface area is 142 Å². The molecule has 5 nitrogen and oxygen atoms in total. The Kier molecular flexibility index (Phi) is 5.33. The van der Waals surface area contributed by atoms with Crippen LogP contribution in [0, 0.1) is 0 Å². The second-order valence-electron chi connectivity index (χ2n) is 5.85. The number of anilines is 1. The van der Waals surface area contributed by atoms with E-state index >= 15 is 0 Å². The summed E-state index contributed by atoms with van der Waals surface area (Å²) >= 11 is 0. The van der Waals surface area contributed by atoms with E-state index in [0.29, 0.717) is 24.0 Å². The number of amides is 1. The van der Waals surface area contributed by atoms with Gasteiger partial charge in [0.15, 0.2) is 0 Å². The number of carbonyl (C=O) groups is 1. The minimum atomic E-state index is 0.0378. The quantitative estimate of drug-likeness (QED) is 0.852. The average molecular weight is 326 g/mol. The van der Waals surface area contributed by atoms with Crippen molar-refractivity contribution in [3.63, 3.8) is 0 Å². The van der Waals surface area contributed by atoms with Gasteiger partial charge in [-0.25, -0.2) is 0 Å². The van der Waals surface area contributed by atoms with Crippen molar-refractivity contribution in [2.24, 2.45) is 0 Å². The first-order chi connectivity index (χ1) is 11.7. The van der Waals surface area contributed by atoms with Crippen molar-refractivity contribution in [2.45, 2.75) is 25.3 Å². The lowest BCUT2D eigenvalue weighted by atomic mass is 10.1. The van der Waals surface area contributed by atoms with Gasteiger partial charge in [0.2, 0.25) is 5.91 Å². The maximum absolute atomic E-state index is 12.0. The van der Waals surface area contributed by atoms with Crippen LogP contribution in [0.1, 0.15) is 19.3 Å². The molecule has 0 bridgehead atoms. The van der Waals surface area contributed by atoms with Gasteiger partial charge in [0, 0.05) is 24.2 Å². The van der Waals surface area contributed by atoms with Crippen LogP contribution in [0.4, 0.5) is 5.69 Å². The Morgan fingerprint density at radius 2 is 1.96 bits per heavy atom. The lowest BCUT2D eigenvalue weighted by Crippen LogP contribution is -2.27. The molecule has 0 radical (unpaired) electrons. The van der Waals surface area contributed by atoms with Crippen molar-refractivity contribution >= 4 is 11.6 Å². The molecule has 1 aliphatic heterocycles. The fourth-order valence-corrected chi connectivity index (χ4v) is 2.77. The number of ether oxygens (including phenoxy) is 2. The van der Waals surface area contributed by atoms with Gasteiger partial charge in [0.1, 0.15) is 17.2 Å². The molecule has 126 valence electrons. The van der Waals surface area contributed by atoms with Crippen LogP contribution < -0.4 is 20.1 Å². The molecule has 1 saturated heterocycles. The van der Waals surface area contributed by atoms with Crippen LogP contribution in [0.3, 0.4) is 0 Å². The first-order valence-electron chi connectivity index (χ1n) is 8.18. The first kappa shape index (κ1) is 16.3. The standard InChI is InChI=1S/C19H22N2O3/c1-23-17-5-2-6-18(13-17)24-16-9-7-14(8-10-16)21-19(22)12-15-4-3-11-20-15/h2,5-10,13,15,20H,3-4,11-12H2,1H3,(H,21,22). The third-order valence-corrected chi connectivity index (χ3v) is 4.01. The van der Waals surface area contributed by atoms with Crippen LogP contribution in [0.25, 0.3) is 0 Å². The van der Waals surface area contributed by atoms with Gasteiger partial charge in [-0.3, -0.25) is 4.79 Å². The van der Waals surface area contributed by atoms with Gasteiger partial charge in [-0.1, -0.05) is 6.07 Å². The second-order valence-corrected chi connectivity index (χ2v) is 5.85. The maximum Gasteiger partial charge on any atom is 0.225 e. The zero-order valence-corrected chi connectivity index (χ0v) is 13.7. The molecule has 0 aromatic heterocycles. The molecule has 2 N–H and O–H groups in total. The number of hydrogen-bond acceptors (Lipinski definition) is 4. The van der Waals surface area contributed by atoms with Crippen LogP contribution in [0.5, 0.6) is 17.2 Å². The SMILES string of the molecule is COc1cccc(Oc2ccc(NC(=O)CC3CCCN3)cc2)c1. The highest BCUT2D eigenvalue weighted by Gasteiger charge is 2.17. The molecule has 0 spiro atoms. The third-order valence-electron chi connectivity index (χ3n) is 4.01. The maximum atomic E-state index is 12.0. The summed E-state index contributed by atoms with van der Waals surface area (Å²) in [5.74, 6) is 2.20. The van der Waals surface area contributed by atoms with Crippen molar-refractivity contribution in [1.82, 2.24) is 5.32 Å². The topological polar surface area (TPSA) is 59.6 Å². The minimum Gasteiger partial charge on any atom is -0.497 e. The Morgan fingerprint density at radius 3 is 2.67 bits per heavy atom. The second kappa shape index (κ2) is 7.84. The number of hydrogen-bond donors (Lipinski definition) is 2. The van der Waals surface area contributed by atoms with Gasteiger partial charge >= 0.3 is 0 Å². The van der Waals surface area contributed by atoms with Crippen molar-refractivity contribution in [3.8, 4) is 17.2 Å². The lowest BCUT2D eigenvalue weighted by molar-refractivity contribution is -0.116. The number of nitrogens with one attached hydrogen (secondary N) is 2. The highest BCUT2D eigenvalue weighted by molar-refractivity contribution is 5.91. The van der Waals surface area contributed by atoms with E-state index in [9.17, 15) is 4.79 Å². The van der Waals surface area contributed by atoms with E-state index in [4.69, 9.17) is 9.47 Å².